The van der Waals surface area contributed by atoms with Gasteiger partial charge in [-0.3, -0.25) is 9.59 Å². The highest BCUT2D eigenvalue weighted by molar-refractivity contribution is 7.80. The van der Waals surface area contributed by atoms with E-state index in [0.717, 1.165) is 5.56 Å². The lowest BCUT2D eigenvalue weighted by Gasteiger charge is -2.09. The predicted octanol–water partition coefficient (Wildman–Crippen LogP) is 2.63. The van der Waals surface area contributed by atoms with Crippen LogP contribution in [-0.4, -0.2) is 11.8 Å². The molecule has 102 valence electrons. The third kappa shape index (κ3) is 3.19. The number of hydrogen-bond donors (Lipinski definition) is 3. The van der Waals surface area contributed by atoms with Crippen LogP contribution in [0.1, 0.15) is 26.3 Å². The lowest BCUT2D eigenvalue weighted by molar-refractivity contribution is 0.0996. The van der Waals surface area contributed by atoms with Gasteiger partial charge in [0.1, 0.15) is 0 Å². The Morgan fingerprint density at radius 2 is 1.90 bits per heavy atom. The first-order valence-corrected chi connectivity index (χ1v) is 6.43. The highest BCUT2D eigenvalue weighted by Gasteiger charge is 2.10. The van der Waals surface area contributed by atoms with Crippen molar-refractivity contribution in [2.24, 2.45) is 5.73 Å². The summed E-state index contributed by atoms with van der Waals surface area (Å²) in [6.07, 6.45) is 0. The van der Waals surface area contributed by atoms with E-state index in [4.69, 9.17) is 5.73 Å². The number of amides is 2. The molecule has 0 bridgehead atoms. The molecule has 0 radical (unpaired) electrons. The summed E-state index contributed by atoms with van der Waals surface area (Å²) in [6.45, 7) is 1.85. The molecule has 0 unspecified atom stereocenters. The van der Waals surface area contributed by atoms with Gasteiger partial charge in [0.2, 0.25) is 5.91 Å². The monoisotopic (exact) mass is 286 g/mol. The zero-order valence-corrected chi connectivity index (χ0v) is 11.8. The van der Waals surface area contributed by atoms with Crippen LogP contribution in [0, 0.1) is 6.92 Å². The van der Waals surface area contributed by atoms with Crippen molar-refractivity contribution in [3.8, 4) is 0 Å². The van der Waals surface area contributed by atoms with Gasteiger partial charge in [-0.15, -0.1) is 12.6 Å². The van der Waals surface area contributed by atoms with E-state index >= 15 is 0 Å². The Hall–Kier alpha value is -2.27. The van der Waals surface area contributed by atoms with Gasteiger partial charge >= 0.3 is 0 Å². The number of nitrogens with one attached hydrogen (secondary N) is 1. The van der Waals surface area contributed by atoms with Crippen molar-refractivity contribution in [3.63, 3.8) is 0 Å². The molecular weight excluding hydrogens is 272 g/mol. The molecule has 2 aromatic carbocycles. The van der Waals surface area contributed by atoms with Crippen molar-refractivity contribution in [2.45, 2.75) is 11.8 Å². The van der Waals surface area contributed by atoms with Crippen molar-refractivity contribution in [1.82, 2.24) is 0 Å². The van der Waals surface area contributed by atoms with Crippen LogP contribution in [-0.2, 0) is 0 Å². The van der Waals surface area contributed by atoms with E-state index in [1.165, 1.54) is 0 Å². The number of carbonyl (C=O) groups is 2. The minimum atomic E-state index is -0.533. The molecule has 2 amide bonds. The summed E-state index contributed by atoms with van der Waals surface area (Å²) in [4.78, 5) is 24.0. The van der Waals surface area contributed by atoms with Gasteiger partial charge in [-0.25, -0.2) is 0 Å². The first-order valence-electron chi connectivity index (χ1n) is 5.98. The standard InChI is InChI=1S/C15H14N2O2S/c1-9-5-6-12(20)8-13(9)15(19)17-11-4-2-3-10(7-11)14(16)18/h2-8,20H,1H3,(H2,16,18)(H,17,19). The molecular formula is C15H14N2O2S. The second-order valence-corrected chi connectivity index (χ2v) is 4.91. The number of nitrogens with two attached hydrogens (primary N) is 1. The van der Waals surface area contributed by atoms with Gasteiger partial charge in [-0.1, -0.05) is 12.1 Å². The molecule has 0 aliphatic rings. The normalized spacial score (nSPS) is 10.1. The lowest BCUT2D eigenvalue weighted by Crippen LogP contribution is -2.15. The van der Waals surface area contributed by atoms with Gasteiger partial charge in [0.25, 0.3) is 5.91 Å². The van der Waals surface area contributed by atoms with Crippen LogP contribution in [0.3, 0.4) is 0 Å². The fraction of sp³-hybridized carbons (Fsp3) is 0.0667. The topological polar surface area (TPSA) is 72.2 Å². The quantitative estimate of drug-likeness (QED) is 0.759. The summed E-state index contributed by atoms with van der Waals surface area (Å²) in [5.74, 6) is -0.783. The minimum absolute atomic E-state index is 0.250. The van der Waals surface area contributed by atoms with E-state index in [1.807, 2.05) is 19.1 Å². The SMILES string of the molecule is Cc1ccc(S)cc1C(=O)Nc1cccc(C(N)=O)c1. The molecule has 0 heterocycles. The Bertz CT molecular complexity index is 683. The maximum absolute atomic E-state index is 12.2. The van der Waals surface area contributed by atoms with Gasteiger partial charge in [-0.2, -0.15) is 0 Å². The Morgan fingerprint density at radius 1 is 1.15 bits per heavy atom. The number of anilines is 1. The van der Waals surface area contributed by atoms with Gasteiger partial charge in [0, 0.05) is 21.7 Å². The second-order valence-electron chi connectivity index (χ2n) is 4.40. The van der Waals surface area contributed by atoms with Crippen molar-refractivity contribution in [2.75, 3.05) is 5.32 Å². The zero-order valence-electron chi connectivity index (χ0n) is 10.9. The van der Waals surface area contributed by atoms with E-state index in [-0.39, 0.29) is 5.91 Å². The average molecular weight is 286 g/mol. The van der Waals surface area contributed by atoms with Crippen LogP contribution in [0.15, 0.2) is 47.4 Å². The summed E-state index contributed by atoms with van der Waals surface area (Å²) in [5, 5.41) is 2.74. The number of benzene rings is 2. The molecule has 0 aliphatic carbocycles. The summed E-state index contributed by atoms with van der Waals surface area (Å²) >= 11 is 4.22. The van der Waals surface area contributed by atoms with Crippen molar-refractivity contribution in [1.29, 1.82) is 0 Å². The molecule has 0 fully saturated rings. The van der Waals surface area contributed by atoms with Crippen LogP contribution >= 0.6 is 12.6 Å². The fourth-order valence-electron chi connectivity index (χ4n) is 1.80. The number of hydrogen-bond acceptors (Lipinski definition) is 3. The third-order valence-corrected chi connectivity index (χ3v) is 3.15. The molecule has 2 rings (SSSR count). The van der Waals surface area contributed by atoms with Gasteiger partial charge in [-0.05, 0) is 42.8 Å². The van der Waals surface area contributed by atoms with Gasteiger partial charge < -0.3 is 11.1 Å². The van der Waals surface area contributed by atoms with E-state index in [9.17, 15) is 9.59 Å². The van der Waals surface area contributed by atoms with Crippen molar-refractivity contribution in [3.05, 3.63) is 59.2 Å². The highest BCUT2D eigenvalue weighted by Crippen LogP contribution is 2.17. The second kappa shape index (κ2) is 5.79. The molecule has 0 saturated carbocycles. The molecule has 5 heteroatoms. The van der Waals surface area contributed by atoms with Crippen LogP contribution < -0.4 is 11.1 Å². The molecule has 2 aromatic rings. The number of rotatable bonds is 3. The van der Waals surface area contributed by atoms with E-state index < -0.39 is 5.91 Å². The summed E-state index contributed by atoms with van der Waals surface area (Å²) in [6, 6.07) is 11.9. The summed E-state index contributed by atoms with van der Waals surface area (Å²) in [7, 11) is 0. The molecule has 0 aromatic heterocycles. The zero-order chi connectivity index (χ0) is 14.7. The lowest BCUT2D eigenvalue weighted by atomic mass is 10.1. The number of thiol groups is 1. The predicted molar refractivity (Wildman–Crippen MR) is 81.3 cm³/mol. The largest absolute Gasteiger partial charge is 0.366 e. The highest BCUT2D eigenvalue weighted by atomic mass is 32.1. The summed E-state index contributed by atoms with van der Waals surface area (Å²) in [5.41, 5.74) is 7.48. The molecule has 0 aliphatic heterocycles. The Kier molecular flexibility index (Phi) is 4.10. The van der Waals surface area contributed by atoms with Crippen molar-refractivity contribution >= 4 is 30.1 Å². The first-order chi connectivity index (χ1) is 9.47. The number of aryl methyl sites for hydroxylation is 1. The number of primary amides is 1. The maximum Gasteiger partial charge on any atom is 0.255 e. The first kappa shape index (κ1) is 14.1. The van der Waals surface area contributed by atoms with E-state index in [1.54, 1.807) is 30.3 Å². The van der Waals surface area contributed by atoms with Crippen LogP contribution in [0.25, 0.3) is 0 Å². The molecule has 0 spiro atoms. The smallest absolute Gasteiger partial charge is 0.255 e. The van der Waals surface area contributed by atoms with E-state index in [2.05, 4.69) is 17.9 Å². The molecule has 0 saturated heterocycles. The van der Waals surface area contributed by atoms with Gasteiger partial charge in [0.15, 0.2) is 0 Å². The third-order valence-electron chi connectivity index (χ3n) is 2.87. The molecule has 20 heavy (non-hydrogen) atoms. The Morgan fingerprint density at radius 3 is 2.60 bits per heavy atom. The molecule has 4 nitrogen and oxygen atoms in total. The Balaban J connectivity index is 2.25. The fourth-order valence-corrected chi connectivity index (χ4v) is 2.01. The van der Waals surface area contributed by atoms with E-state index in [0.29, 0.717) is 21.7 Å². The Labute approximate surface area is 122 Å². The maximum atomic E-state index is 12.2. The van der Waals surface area contributed by atoms with Crippen LogP contribution in [0.2, 0.25) is 0 Å². The average Bonchev–Trinajstić information content (AvgIpc) is 2.41. The van der Waals surface area contributed by atoms with Gasteiger partial charge in [0.05, 0.1) is 0 Å². The molecule has 3 N–H and O–H groups in total. The number of carbonyl (C=O) groups excluding carboxylic acids is 2. The molecule has 0 atom stereocenters. The van der Waals surface area contributed by atoms with Crippen LogP contribution in [0.4, 0.5) is 5.69 Å². The summed E-state index contributed by atoms with van der Waals surface area (Å²) < 4.78 is 0. The van der Waals surface area contributed by atoms with Crippen molar-refractivity contribution < 1.29 is 9.59 Å². The minimum Gasteiger partial charge on any atom is -0.366 e. The van der Waals surface area contributed by atoms with Crippen LogP contribution in [0.5, 0.6) is 0 Å².